The minimum atomic E-state index is -0.185. The molecule has 0 radical (unpaired) electrons. The normalized spacial score (nSPS) is 17.7. The van der Waals surface area contributed by atoms with Crippen molar-refractivity contribution < 1.29 is 4.79 Å². The van der Waals surface area contributed by atoms with Crippen molar-refractivity contribution in [3.63, 3.8) is 0 Å². The summed E-state index contributed by atoms with van der Waals surface area (Å²) >= 11 is 3.54. The van der Waals surface area contributed by atoms with Gasteiger partial charge < -0.3 is 4.90 Å². The number of halogens is 1. The maximum atomic E-state index is 13.0. The Morgan fingerprint density at radius 2 is 2.08 bits per heavy atom. The van der Waals surface area contributed by atoms with E-state index in [0.29, 0.717) is 18.8 Å². The third-order valence-electron chi connectivity index (χ3n) is 5.22. The summed E-state index contributed by atoms with van der Waals surface area (Å²) < 4.78 is 2.37. The lowest BCUT2D eigenvalue weighted by atomic mass is 9.66. The molecule has 0 N–H and O–H groups in total. The first-order valence-corrected chi connectivity index (χ1v) is 9.03. The largest absolute Gasteiger partial charge is 0.306 e. The average molecular weight is 388 g/mol. The summed E-state index contributed by atoms with van der Waals surface area (Å²) in [6.45, 7) is 2.99. The van der Waals surface area contributed by atoms with E-state index in [1.165, 1.54) is 28.8 Å². The van der Waals surface area contributed by atoms with E-state index in [1.807, 2.05) is 24.0 Å². The number of hydrogen-bond acceptors (Lipinski definition) is 3. The summed E-state index contributed by atoms with van der Waals surface area (Å²) in [6.07, 6.45) is 3.43. The fourth-order valence-electron chi connectivity index (χ4n) is 3.78. The van der Waals surface area contributed by atoms with Crippen LogP contribution in [0.15, 0.2) is 39.6 Å². The number of carbonyl (C=O) groups is 1. The lowest BCUT2D eigenvalue weighted by Crippen LogP contribution is -2.42. The molecule has 0 unspecified atom stereocenters. The van der Waals surface area contributed by atoms with Crippen LogP contribution in [0.2, 0.25) is 0 Å². The molecule has 1 aliphatic heterocycles. The van der Waals surface area contributed by atoms with E-state index >= 15 is 0 Å². The van der Waals surface area contributed by atoms with Crippen LogP contribution in [0, 0.1) is 0 Å². The molecular weight excluding hydrogens is 370 g/mol. The van der Waals surface area contributed by atoms with Crippen LogP contribution in [0.25, 0.3) is 0 Å². The molecule has 0 saturated heterocycles. The van der Waals surface area contributed by atoms with Gasteiger partial charge in [0, 0.05) is 34.7 Å². The molecule has 2 heterocycles. The highest BCUT2D eigenvalue weighted by Crippen LogP contribution is 2.53. The third-order valence-corrected chi connectivity index (χ3v) is 5.72. The molecule has 0 bridgehead atoms. The van der Waals surface area contributed by atoms with Crippen molar-refractivity contribution in [2.75, 3.05) is 11.4 Å². The first-order valence-electron chi connectivity index (χ1n) is 8.24. The molecule has 6 heteroatoms. The van der Waals surface area contributed by atoms with Gasteiger partial charge in [0.05, 0.1) is 0 Å². The Balaban J connectivity index is 1.75. The van der Waals surface area contributed by atoms with Gasteiger partial charge in [-0.25, -0.2) is 4.68 Å². The summed E-state index contributed by atoms with van der Waals surface area (Å²) in [5, 5.41) is 4.22. The smallest absolute Gasteiger partial charge is 0.278 e. The predicted molar refractivity (Wildman–Crippen MR) is 95.5 cm³/mol. The molecule has 4 rings (SSSR count). The Hall–Kier alpha value is -1.95. The molecule has 1 aromatic heterocycles. The van der Waals surface area contributed by atoms with Crippen LogP contribution in [-0.4, -0.2) is 22.2 Å². The molecule has 1 aliphatic carbocycles. The van der Waals surface area contributed by atoms with Gasteiger partial charge in [0.2, 0.25) is 0 Å². The van der Waals surface area contributed by atoms with E-state index in [9.17, 15) is 9.59 Å². The Labute approximate surface area is 148 Å². The van der Waals surface area contributed by atoms with Crippen molar-refractivity contribution in [3.8, 4) is 0 Å². The number of aryl methyl sites for hydroxylation is 1. The van der Waals surface area contributed by atoms with Gasteiger partial charge in [-0.05, 0) is 49.6 Å². The summed E-state index contributed by atoms with van der Waals surface area (Å²) in [6, 6.07) is 9.06. The second kappa shape index (κ2) is 5.55. The van der Waals surface area contributed by atoms with Gasteiger partial charge in [-0.1, -0.05) is 22.4 Å². The van der Waals surface area contributed by atoms with E-state index < -0.39 is 0 Å². The van der Waals surface area contributed by atoms with Crippen molar-refractivity contribution >= 4 is 27.5 Å². The highest BCUT2D eigenvalue weighted by molar-refractivity contribution is 9.10. The zero-order valence-corrected chi connectivity index (χ0v) is 15.0. The van der Waals surface area contributed by atoms with Crippen molar-refractivity contribution in [2.45, 2.75) is 38.1 Å². The van der Waals surface area contributed by atoms with Crippen LogP contribution in [-0.2, 0) is 12.0 Å². The lowest BCUT2D eigenvalue weighted by Gasteiger charge is -2.39. The zero-order chi connectivity index (χ0) is 16.9. The first-order chi connectivity index (χ1) is 11.5. The fourth-order valence-corrected chi connectivity index (χ4v) is 4.14. The highest BCUT2D eigenvalue weighted by atomic mass is 79.9. The molecule has 2 aromatic rings. The monoisotopic (exact) mass is 387 g/mol. The Bertz CT molecular complexity index is 886. The minimum absolute atomic E-state index is 0.0912. The first kappa shape index (κ1) is 15.6. The highest BCUT2D eigenvalue weighted by Gasteiger charge is 2.48. The number of amides is 1. The summed E-state index contributed by atoms with van der Waals surface area (Å²) in [7, 11) is 0. The van der Waals surface area contributed by atoms with Crippen molar-refractivity contribution in [1.82, 2.24) is 9.78 Å². The van der Waals surface area contributed by atoms with Gasteiger partial charge in [0.15, 0.2) is 0 Å². The van der Waals surface area contributed by atoms with Crippen molar-refractivity contribution in [2.24, 2.45) is 0 Å². The van der Waals surface area contributed by atoms with Crippen LogP contribution >= 0.6 is 15.9 Å². The summed E-state index contributed by atoms with van der Waals surface area (Å²) in [5.74, 6) is -0.135. The van der Waals surface area contributed by atoms with Gasteiger partial charge in [-0.3, -0.25) is 9.59 Å². The molecule has 2 aliphatic rings. The molecule has 1 amide bonds. The van der Waals surface area contributed by atoms with E-state index in [2.05, 4.69) is 27.1 Å². The van der Waals surface area contributed by atoms with E-state index in [-0.39, 0.29) is 16.9 Å². The SMILES string of the molecule is CCn1nc(C(=O)N2CC3(CCC3)c3cc(Br)ccc32)ccc1=O. The number of anilines is 1. The molecule has 1 aromatic carbocycles. The molecule has 1 spiro atoms. The Morgan fingerprint density at radius 1 is 1.29 bits per heavy atom. The summed E-state index contributed by atoms with van der Waals surface area (Å²) in [5.41, 5.74) is 2.45. The number of rotatable bonds is 2. The lowest BCUT2D eigenvalue weighted by molar-refractivity contribution is 0.0972. The number of benzene rings is 1. The average Bonchev–Trinajstić information content (AvgIpc) is 2.89. The van der Waals surface area contributed by atoms with E-state index in [4.69, 9.17) is 0 Å². The van der Waals surface area contributed by atoms with Gasteiger partial charge >= 0.3 is 0 Å². The minimum Gasteiger partial charge on any atom is -0.306 e. The fraction of sp³-hybridized carbons (Fsp3) is 0.389. The topological polar surface area (TPSA) is 55.2 Å². The third kappa shape index (κ3) is 2.24. The van der Waals surface area contributed by atoms with E-state index in [1.54, 1.807) is 0 Å². The van der Waals surface area contributed by atoms with E-state index in [0.717, 1.165) is 23.0 Å². The maximum absolute atomic E-state index is 13.0. The molecule has 1 fully saturated rings. The summed E-state index contributed by atoms with van der Waals surface area (Å²) in [4.78, 5) is 26.6. The Kier molecular flexibility index (Phi) is 3.60. The van der Waals surface area contributed by atoms with Crippen LogP contribution in [0.1, 0.15) is 42.2 Å². The van der Waals surface area contributed by atoms with Crippen molar-refractivity contribution in [1.29, 1.82) is 0 Å². The molecule has 5 nitrogen and oxygen atoms in total. The second-order valence-electron chi connectivity index (χ2n) is 6.56. The van der Waals surface area contributed by atoms with Crippen LogP contribution < -0.4 is 10.5 Å². The molecule has 24 heavy (non-hydrogen) atoms. The Morgan fingerprint density at radius 3 is 2.75 bits per heavy atom. The molecular formula is C18H18BrN3O2. The van der Waals surface area contributed by atoms with Crippen LogP contribution in [0.3, 0.4) is 0 Å². The quantitative estimate of drug-likeness (QED) is 0.795. The predicted octanol–water partition coefficient (Wildman–Crippen LogP) is 3.11. The molecule has 0 atom stereocenters. The number of carbonyl (C=O) groups excluding carboxylic acids is 1. The van der Waals surface area contributed by atoms with Crippen LogP contribution in [0.5, 0.6) is 0 Å². The van der Waals surface area contributed by atoms with Crippen LogP contribution in [0.4, 0.5) is 5.69 Å². The second-order valence-corrected chi connectivity index (χ2v) is 7.47. The number of nitrogens with zero attached hydrogens (tertiary/aromatic N) is 3. The van der Waals surface area contributed by atoms with Gasteiger partial charge in [-0.2, -0.15) is 5.10 Å². The standard InChI is InChI=1S/C18H18BrN3O2/c1-2-22-16(23)7-5-14(20-22)17(24)21-11-18(8-3-9-18)13-10-12(19)4-6-15(13)21/h4-7,10H,2-3,8-9,11H2,1H3. The van der Waals surface area contributed by atoms with Gasteiger partial charge in [-0.15, -0.1) is 0 Å². The molecule has 124 valence electrons. The van der Waals surface area contributed by atoms with Crippen molar-refractivity contribution in [3.05, 3.63) is 56.4 Å². The number of hydrogen-bond donors (Lipinski definition) is 0. The zero-order valence-electron chi connectivity index (χ0n) is 13.5. The molecule has 1 saturated carbocycles. The maximum Gasteiger partial charge on any atom is 0.278 e. The van der Waals surface area contributed by atoms with Gasteiger partial charge in [0.25, 0.3) is 11.5 Å². The van der Waals surface area contributed by atoms with Gasteiger partial charge in [0.1, 0.15) is 5.69 Å². The number of aromatic nitrogens is 2. The number of fused-ring (bicyclic) bond motifs is 2.